The molecule has 1 N–H and O–H groups in total. The molecule has 28 heavy (non-hydrogen) atoms. The minimum absolute atomic E-state index is 0.114. The van der Waals surface area contributed by atoms with Gasteiger partial charge in [0.2, 0.25) is 12.6 Å². The van der Waals surface area contributed by atoms with Gasteiger partial charge in [-0.05, 0) is 47.9 Å². The Morgan fingerprint density at radius 2 is 2.14 bits per heavy atom. The van der Waals surface area contributed by atoms with Crippen molar-refractivity contribution in [3.8, 4) is 5.75 Å². The van der Waals surface area contributed by atoms with Gasteiger partial charge in [-0.15, -0.1) is 0 Å². The number of rotatable bonds is 2. The molecule has 2 atom stereocenters. The SMILES string of the molecule is O=c1[nH]c(C2COc3ccc(F)cc3C2)nc2ccc(C3=CC4C[N+]4=C3)cc12. The Morgan fingerprint density at radius 3 is 3.00 bits per heavy atom. The average molecular weight is 374 g/mol. The molecule has 3 aliphatic heterocycles. The molecule has 0 saturated carbocycles. The Bertz CT molecular complexity index is 1270. The highest BCUT2D eigenvalue weighted by Gasteiger charge is 2.43. The van der Waals surface area contributed by atoms with E-state index in [1.165, 1.54) is 12.1 Å². The maximum atomic E-state index is 13.6. The lowest BCUT2D eigenvalue weighted by Gasteiger charge is -2.24. The van der Waals surface area contributed by atoms with E-state index in [2.05, 4.69) is 26.8 Å². The number of fused-ring (bicyclic) bond motifs is 3. The van der Waals surface area contributed by atoms with Crippen LogP contribution in [0.1, 0.15) is 22.9 Å². The fraction of sp³-hybridized carbons (Fsp3) is 0.227. The second kappa shape index (κ2) is 5.61. The molecule has 0 radical (unpaired) electrons. The zero-order valence-electron chi connectivity index (χ0n) is 15.0. The molecule has 138 valence electrons. The first-order valence-electron chi connectivity index (χ1n) is 9.42. The summed E-state index contributed by atoms with van der Waals surface area (Å²) < 4.78 is 21.6. The summed E-state index contributed by atoms with van der Waals surface area (Å²) in [4.78, 5) is 20.3. The van der Waals surface area contributed by atoms with E-state index in [9.17, 15) is 9.18 Å². The number of halogens is 1. The van der Waals surface area contributed by atoms with E-state index in [-0.39, 0.29) is 17.3 Å². The first kappa shape index (κ1) is 15.7. The van der Waals surface area contributed by atoms with Gasteiger partial charge in [-0.2, -0.15) is 0 Å². The Labute approximate surface area is 159 Å². The van der Waals surface area contributed by atoms with Gasteiger partial charge in [0.15, 0.2) is 6.21 Å². The number of hydrogen-bond donors (Lipinski definition) is 1. The maximum Gasteiger partial charge on any atom is 0.258 e. The fourth-order valence-electron chi connectivity index (χ4n) is 4.13. The Kier molecular flexibility index (Phi) is 3.15. The number of benzene rings is 2. The third-order valence-electron chi connectivity index (χ3n) is 5.74. The van der Waals surface area contributed by atoms with Crippen LogP contribution in [0.5, 0.6) is 5.75 Å². The number of aromatic nitrogens is 2. The summed E-state index contributed by atoms with van der Waals surface area (Å²) in [5, 5.41) is 0.578. The summed E-state index contributed by atoms with van der Waals surface area (Å²) in [6.45, 7) is 1.50. The highest BCUT2D eigenvalue weighted by molar-refractivity contribution is 6.10. The molecular weight excluding hydrogens is 357 g/mol. The number of aromatic amines is 1. The van der Waals surface area contributed by atoms with Gasteiger partial charge in [0.1, 0.15) is 17.4 Å². The minimum Gasteiger partial charge on any atom is -0.493 e. The second-order valence-electron chi connectivity index (χ2n) is 7.66. The van der Waals surface area contributed by atoms with Gasteiger partial charge in [0.25, 0.3) is 5.56 Å². The molecular formula is C22H17FN3O2+. The maximum absolute atomic E-state index is 13.6. The summed E-state index contributed by atoms with van der Waals surface area (Å²) in [5.41, 5.74) is 3.49. The summed E-state index contributed by atoms with van der Waals surface area (Å²) in [6, 6.07) is 10.9. The van der Waals surface area contributed by atoms with Crippen molar-refractivity contribution in [1.82, 2.24) is 9.97 Å². The van der Waals surface area contributed by atoms with E-state index < -0.39 is 0 Å². The van der Waals surface area contributed by atoms with Crippen LogP contribution in [-0.2, 0) is 6.42 Å². The molecule has 1 aromatic heterocycles. The summed E-state index contributed by atoms with van der Waals surface area (Å²) >= 11 is 0. The number of H-pyrrole nitrogens is 1. The van der Waals surface area contributed by atoms with Crippen molar-refractivity contribution < 1.29 is 13.7 Å². The molecule has 0 amide bonds. The quantitative estimate of drug-likeness (QED) is 0.554. The predicted octanol–water partition coefficient (Wildman–Crippen LogP) is 2.64. The molecule has 1 fully saturated rings. The first-order valence-corrected chi connectivity index (χ1v) is 9.42. The van der Waals surface area contributed by atoms with Crippen molar-refractivity contribution in [2.45, 2.75) is 18.4 Å². The van der Waals surface area contributed by atoms with Crippen LogP contribution in [0.25, 0.3) is 16.5 Å². The van der Waals surface area contributed by atoms with E-state index in [1.54, 1.807) is 6.07 Å². The molecule has 1 saturated heterocycles. The van der Waals surface area contributed by atoms with E-state index in [4.69, 9.17) is 4.74 Å². The zero-order valence-corrected chi connectivity index (χ0v) is 15.0. The van der Waals surface area contributed by atoms with E-state index >= 15 is 0 Å². The summed E-state index contributed by atoms with van der Waals surface area (Å²) in [5.74, 6) is 0.874. The molecule has 6 rings (SSSR count). The van der Waals surface area contributed by atoms with Crippen molar-refractivity contribution in [2.75, 3.05) is 13.2 Å². The number of nitrogens with zero attached hydrogens (tertiary/aromatic N) is 2. The van der Waals surface area contributed by atoms with Crippen molar-refractivity contribution in [3.63, 3.8) is 0 Å². The molecule has 3 aromatic rings. The summed E-state index contributed by atoms with van der Waals surface area (Å²) in [6.07, 6.45) is 4.95. The van der Waals surface area contributed by atoms with E-state index in [1.807, 2.05) is 18.2 Å². The molecule has 0 spiro atoms. The number of ether oxygens (including phenoxy) is 1. The van der Waals surface area contributed by atoms with Crippen LogP contribution < -0.4 is 10.3 Å². The largest absolute Gasteiger partial charge is 0.493 e. The van der Waals surface area contributed by atoms with Crippen LogP contribution in [0.4, 0.5) is 4.39 Å². The lowest BCUT2D eigenvalue weighted by Crippen LogP contribution is -2.24. The van der Waals surface area contributed by atoms with Gasteiger partial charge in [-0.3, -0.25) is 4.79 Å². The van der Waals surface area contributed by atoms with Crippen molar-refractivity contribution in [1.29, 1.82) is 0 Å². The molecule has 0 bridgehead atoms. The molecule has 2 unspecified atom stereocenters. The Balaban J connectivity index is 1.36. The van der Waals surface area contributed by atoms with Crippen LogP contribution in [0, 0.1) is 5.82 Å². The first-order chi connectivity index (χ1) is 13.6. The Hall–Kier alpha value is -3.28. The zero-order chi connectivity index (χ0) is 18.8. The lowest BCUT2D eigenvalue weighted by atomic mass is 9.95. The number of hydrogen-bond acceptors (Lipinski definition) is 3. The van der Waals surface area contributed by atoms with Crippen LogP contribution >= 0.6 is 0 Å². The van der Waals surface area contributed by atoms with Gasteiger partial charge in [0.05, 0.1) is 23.4 Å². The van der Waals surface area contributed by atoms with Gasteiger partial charge in [0, 0.05) is 11.6 Å². The van der Waals surface area contributed by atoms with Crippen LogP contribution in [0.3, 0.4) is 0 Å². The van der Waals surface area contributed by atoms with E-state index in [0.717, 1.165) is 23.2 Å². The number of allylic oxidation sites excluding steroid dienone is 1. The molecule has 5 nitrogen and oxygen atoms in total. The monoisotopic (exact) mass is 374 g/mol. The van der Waals surface area contributed by atoms with Gasteiger partial charge in [-0.25, -0.2) is 13.9 Å². The molecule has 3 aliphatic rings. The molecule has 4 heterocycles. The summed E-state index contributed by atoms with van der Waals surface area (Å²) in [7, 11) is 0. The van der Waals surface area contributed by atoms with Crippen molar-refractivity contribution in [2.24, 2.45) is 0 Å². The normalized spacial score (nSPS) is 22.2. The standard InChI is InChI=1S/C22H16FN3O2/c23-16-2-4-20-13(6-16)5-15(11-28-20)21-24-19-3-1-12(8-18(19)22(27)25-21)14-7-17-10-26(17)9-14/h1-4,6-9,15,17H,5,10-11H2/p+1. The third-order valence-corrected chi connectivity index (χ3v) is 5.74. The van der Waals surface area contributed by atoms with E-state index in [0.29, 0.717) is 41.5 Å². The Morgan fingerprint density at radius 1 is 1.21 bits per heavy atom. The molecule has 2 aromatic carbocycles. The molecule has 0 aliphatic carbocycles. The average Bonchev–Trinajstić information content (AvgIpc) is 3.32. The molecule has 6 heteroatoms. The highest BCUT2D eigenvalue weighted by Crippen LogP contribution is 2.32. The van der Waals surface area contributed by atoms with Gasteiger partial charge < -0.3 is 9.72 Å². The lowest BCUT2D eigenvalue weighted by molar-refractivity contribution is -0.342. The smallest absolute Gasteiger partial charge is 0.258 e. The number of nitrogens with one attached hydrogen (secondary N) is 1. The van der Waals surface area contributed by atoms with Gasteiger partial charge in [-0.1, -0.05) is 6.07 Å². The fourth-order valence-corrected chi connectivity index (χ4v) is 4.13. The van der Waals surface area contributed by atoms with Crippen LogP contribution in [-0.4, -0.2) is 40.0 Å². The van der Waals surface area contributed by atoms with Gasteiger partial charge >= 0.3 is 0 Å². The van der Waals surface area contributed by atoms with Crippen LogP contribution in [0.15, 0.2) is 47.3 Å². The topological polar surface area (TPSA) is 58.0 Å². The highest BCUT2D eigenvalue weighted by atomic mass is 19.1. The second-order valence-corrected chi connectivity index (χ2v) is 7.66. The van der Waals surface area contributed by atoms with Crippen molar-refractivity contribution >= 4 is 22.7 Å². The van der Waals surface area contributed by atoms with Crippen LogP contribution in [0.2, 0.25) is 0 Å². The third kappa shape index (κ3) is 2.48. The van der Waals surface area contributed by atoms with Crippen molar-refractivity contribution in [3.05, 3.63) is 75.6 Å². The minimum atomic E-state index is -0.289. The predicted molar refractivity (Wildman–Crippen MR) is 104 cm³/mol.